The van der Waals surface area contributed by atoms with Gasteiger partial charge in [-0.15, -0.1) is 0 Å². The Labute approximate surface area is 168 Å². The van der Waals surface area contributed by atoms with Gasteiger partial charge in [0.25, 0.3) is 0 Å². The van der Waals surface area contributed by atoms with Crippen molar-refractivity contribution >= 4 is 51.2 Å². The molecule has 1 N–H and O–H groups in total. The van der Waals surface area contributed by atoms with Gasteiger partial charge in [0.2, 0.25) is 0 Å². The zero-order valence-electron chi connectivity index (χ0n) is 13.1. The second kappa shape index (κ2) is 8.01. The second-order valence-corrected chi connectivity index (χ2v) is 7.82. The highest BCUT2D eigenvalue weighted by molar-refractivity contribution is 14.1. The van der Waals surface area contributed by atoms with E-state index < -0.39 is 0 Å². The van der Waals surface area contributed by atoms with Gasteiger partial charge in [0, 0.05) is 6.54 Å². The summed E-state index contributed by atoms with van der Waals surface area (Å²) in [5.74, 6) is 0.701. The molecule has 1 aliphatic heterocycles. The normalized spacial score (nSPS) is 16.4. The van der Waals surface area contributed by atoms with Crippen LogP contribution >= 0.6 is 45.2 Å². The van der Waals surface area contributed by atoms with Crippen molar-refractivity contribution in [2.45, 2.75) is 25.6 Å². The van der Waals surface area contributed by atoms with E-state index in [0.717, 1.165) is 18.5 Å². The number of carbonyl (C=O) groups excluding carboxylic acids is 1. The van der Waals surface area contributed by atoms with Crippen molar-refractivity contribution in [1.29, 1.82) is 0 Å². The molecule has 3 rings (SSSR count). The van der Waals surface area contributed by atoms with Crippen LogP contribution in [-0.4, -0.2) is 19.1 Å². The lowest BCUT2D eigenvalue weighted by Crippen LogP contribution is -2.42. The molecule has 0 aromatic heterocycles. The number of carbonyl (C=O) groups is 1. The van der Waals surface area contributed by atoms with E-state index in [1.165, 1.54) is 18.2 Å². The molecule has 0 spiro atoms. The molecule has 1 aliphatic rings. The number of nitrogens with one attached hydrogen (secondary N) is 1. The van der Waals surface area contributed by atoms with Crippen molar-refractivity contribution in [2.75, 3.05) is 7.11 Å². The van der Waals surface area contributed by atoms with Crippen molar-refractivity contribution < 1.29 is 14.3 Å². The molecule has 0 aliphatic carbocycles. The lowest BCUT2D eigenvalue weighted by atomic mass is 9.95. The zero-order valence-corrected chi connectivity index (χ0v) is 17.5. The second-order valence-electron chi connectivity index (χ2n) is 5.57. The Bertz CT molecular complexity index is 750. The van der Waals surface area contributed by atoms with Gasteiger partial charge in [-0.1, -0.05) is 30.3 Å². The summed E-state index contributed by atoms with van der Waals surface area (Å²) < 4.78 is 13.1. The van der Waals surface area contributed by atoms with E-state index in [9.17, 15) is 4.79 Å². The largest absolute Gasteiger partial charge is 0.487 e. The highest BCUT2D eigenvalue weighted by atomic mass is 127. The van der Waals surface area contributed by atoms with Gasteiger partial charge in [0.1, 0.15) is 18.4 Å². The molecule has 24 heavy (non-hydrogen) atoms. The molecular weight excluding hydrogens is 532 g/mol. The number of ether oxygens (including phenoxy) is 2. The molecule has 126 valence electrons. The third-order valence-electron chi connectivity index (χ3n) is 4.03. The van der Waals surface area contributed by atoms with E-state index in [-0.39, 0.29) is 12.0 Å². The van der Waals surface area contributed by atoms with Crippen molar-refractivity contribution in [3.05, 3.63) is 60.2 Å². The van der Waals surface area contributed by atoms with Gasteiger partial charge in [-0.25, -0.2) is 0 Å². The summed E-state index contributed by atoms with van der Waals surface area (Å²) in [6, 6.07) is 12.0. The summed E-state index contributed by atoms with van der Waals surface area (Å²) in [6.45, 7) is 1.19. The lowest BCUT2D eigenvalue weighted by Gasteiger charge is -2.26. The Kier molecular flexibility index (Phi) is 5.98. The van der Waals surface area contributed by atoms with Crippen molar-refractivity contribution in [2.24, 2.45) is 0 Å². The van der Waals surface area contributed by atoms with Crippen LogP contribution in [0.25, 0.3) is 0 Å². The predicted octanol–water partition coefficient (Wildman–Crippen LogP) is 3.66. The highest BCUT2D eigenvalue weighted by Crippen LogP contribution is 2.35. The van der Waals surface area contributed by atoms with Crippen molar-refractivity contribution in [1.82, 2.24) is 5.32 Å². The molecule has 0 radical (unpaired) electrons. The Morgan fingerprint density at radius 1 is 1.29 bits per heavy atom. The molecule has 1 heterocycles. The van der Waals surface area contributed by atoms with Gasteiger partial charge < -0.3 is 9.47 Å². The molecule has 2 aromatic carbocycles. The van der Waals surface area contributed by atoms with Gasteiger partial charge >= 0.3 is 5.97 Å². The maximum Gasteiger partial charge on any atom is 0.323 e. The van der Waals surface area contributed by atoms with Gasteiger partial charge in [-0.3, -0.25) is 10.1 Å². The molecule has 6 heteroatoms. The fraction of sp³-hybridized carbons (Fsp3) is 0.278. The third kappa shape index (κ3) is 3.85. The fourth-order valence-electron chi connectivity index (χ4n) is 2.75. The molecule has 0 fully saturated rings. The van der Waals surface area contributed by atoms with Gasteiger partial charge in [-0.2, -0.15) is 0 Å². The summed E-state index contributed by atoms with van der Waals surface area (Å²) in [4.78, 5) is 11.8. The van der Waals surface area contributed by atoms with Gasteiger partial charge in [-0.05, 0) is 74.4 Å². The number of esters is 1. The number of hydrogen-bond donors (Lipinski definition) is 1. The van der Waals surface area contributed by atoms with E-state index in [0.29, 0.717) is 19.6 Å². The van der Waals surface area contributed by atoms with Gasteiger partial charge in [0.05, 0.1) is 14.3 Å². The van der Waals surface area contributed by atoms with Crippen LogP contribution < -0.4 is 10.1 Å². The van der Waals surface area contributed by atoms with E-state index in [1.807, 2.05) is 18.2 Å². The van der Waals surface area contributed by atoms with Crippen LogP contribution in [0.5, 0.6) is 5.75 Å². The molecular formula is C18H17I2NO3. The average Bonchev–Trinajstić information content (AvgIpc) is 2.61. The Balaban J connectivity index is 1.82. The molecule has 2 aromatic rings. The average molecular weight is 549 g/mol. The van der Waals surface area contributed by atoms with Crippen LogP contribution in [0.2, 0.25) is 0 Å². The molecule has 0 amide bonds. The first-order chi connectivity index (χ1) is 11.6. The van der Waals surface area contributed by atoms with Crippen LogP contribution in [0, 0.1) is 7.14 Å². The van der Waals surface area contributed by atoms with Crippen LogP contribution in [0.4, 0.5) is 0 Å². The molecule has 0 unspecified atom stereocenters. The number of hydrogen-bond acceptors (Lipinski definition) is 4. The maximum atomic E-state index is 11.8. The van der Waals surface area contributed by atoms with E-state index >= 15 is 0 Å². The fourth-order valence-corrected chi connectivity index (χ4v) is 5.05. The van der Waals surface area contributed by atoms with Crippen molar-refractivity contribution in [3.63, 3.8) is 0 Å². The summed E-state index contributed by atoms with van der Waals surface area (Å²) in [6.07, 6.45) is 0.646. The smallest absolute Gasteiger partial charge is 0.323 e. The number of fused-ring (bicyclic) bond motifs is 1. The first-order valence-corrected chi connectivity index (χ1v) is 9.73. The first kappa shape index (κ1) is 17.9. The molecule has 0 saturated carbocycles. The van der Waals surface area contributed by atoms with E-state index in [4.69, 9.17) is 9.47 Å². The minimum atomic E-state index is -0.273. The van der Waals surface area contributed by atoms with Crippen LogP contribution in [0.3, 0.4) is 0 Å². The number of halogens is 2. The monoisotopic (exact) mass is 549 g/mol. The van der Waals surface area contributed by atoms with Crippen LogP contribution in [0.15, 0.2) is 36.4 Å². The highest BCUT2D eigenvalue weighted by Gasteiger charge is 2.28. The lowest BCUT2D eigenvalue weighted by molar-refractivity contribution is -0.143. The standard InChI is InChI=1S/C18H17I2NO3/c1-23-18(22)15-8-12-7-14(19)17(16(20)13(12)9-21-15)24-10-11-5-3-2-4-6-11/h2-7,15,21H,8-10H2,1H3/t15-/m0/s1. The topological polar surface area (TPSA) is 47.6 Å². The summed E-state index contributed by atoms with van der Waals surface area (Å²) in [5, 5.41) is 3.25. The summed E-state index contributed by atoms with van der Waals surface area (Å²) in [5.41, 5.74) is 3.54. The van der Waals surface area contributed by atoms with Crippen LogP contribution in [0.1, 0.15) is 16.7 Å². The third-order valence-corrected chi connectivity index (χ3v) is 5.97. The minimum absolute atomic E-state index is 0.213. The Morgan fingerprint density at radius 3 is 2.75 bits per heavy atom. The quantitative estimate of drug-likeness (QED) is 0.468. The molecule has 0 saturated heterocycles. The maximum absolute atomic E-state index is 11.8. The molecule has 4 nitrogen and oxygen atoms in total. The molecule has 1 atom stereocenters. The Morgan fingerprint density at radius 2 is 2.04 bits per heavy atom. The zero-order chi connectivity index (χ0) is 17.1. The summed E-state index contributed by atoms with van der Waals surface area (Å²) in [7, 11) is 1.42. The number of rotatable bonds is 4. The minimum Gasteiger partial charge on any atom is -0.487 e. The number of benzene rings is 2. The van der Waals surface area contributed by atoms with Crippen molar-refractivity contribution in [3.8, 4) is 5.75 Å². The SMILES string of the molecule is COC(=O)[C@@H]1Cc2cc(I)c(OCc3ccccc3)c(I)c2CN1. The molecule has 0 bridgehead atoms. The number of methoxy groups -OCH3 is 1. The van der Waals surface area contributed by atoms with E-state index in [1.54, 1.807) is 0 Å². The first-order valence-electron chi connectivity index (χ1n) is 7.58. The predicted molar refractivity (Wildman–Crippen MR) is 109 cm³/mol. The van der Waals surface area contributed by atoms with E-state index in [2.05, 4.69) is 68.7 Å². The van der Waals surface area contributed by atoms with Gasteiger partial charge in [0.15, 0.2) is 0 Å². The summed E-state index contributed by atoms with van der Waals surface area (Å²) >= 11 is 4.64. The van der Waals surface area contributed by atoms with Crippen LogP contribution in [-0.2, 0) is 29.1 Å². The Hall–Kier alpha value is -0.870.